The first-order chi connectivity index (χ1) is 5.70. The first-order valence-corrected chi connectivity index (χ1v) is 3.72. The van der Waals surface area contributed by atoms with Crippen molar-refractivity contribution in [1.29, 1.82) is 0 Å². The van der Waals surface area contributed by atoms with Gasteiger partial charge in [0.2, 0.25) is 0 Å². The number of hydrogen-bond acceptors (Lipinski definition) is 2. The summed E-state index contributed by atoms with van der Waals surface area (Å²) in [5, 5.41) is 8.52. The third kappa shape index (κ3) is 2.47. The Balaban J connectivity index is 2.58. The fourth-order valence-electron chi connectivity index (χ4n) is 0.955. The summed E-state index contributed by atoms with van der Waals surface area (Å²) in [6, 6.07) is 2.93. The molecule has 4 heteroatoms. The average molecular weight is 163 g/mol. The summed E-state index contributed by atoms with van der Waals surface area (Å²) in [5.41, 5.74) is 6.30. The van der Waals surface area contributed by atoms with Crippen molar-refractivity contribution in [3.8, 4) is 0 Å². The number of aliphatic carboxylic acids is 1. The Kier molecular flexibility index (Phi) is 2.99. The van der Waals surface area contributed by atoms with Crippen LogP contribution in [0.3, 0.4) is 0 Å². The summed E-state index contributed by atoms with van der Waals surface area (Å²) < 4.78 is 0. The second-order valence-corrected chi connectivity index (χ2v) is 2.63. The van der Waals surface area contributed by atoms with Gasteiger partial charge in [0.25, 0.3) is 0 Å². The van der Waals surface area contributed by atoms with Gasteiger partial charge in [0.15, 0.2) is 0 Å². The molecule has 12 heavy (non-hydrogen) atoms. The predicted molar refractivity (Wildman–Crippen MR) is 47.1 cm³/mol. The Morgan fingerprint density at radius 3 is 2.67 bits per heavy atom. The number of rotatable bonds is 3. The molecule has 0 aliphatic heterocycles. The van der Waals surface area contributed by atoms with Gasteiger partial charge in [0, 0.05) is 0 Å². The third-order valence-electron chi connectivity index (χ3n) is 1.62. The molecule has 0 saturated carbocycles. The summed E-state index contributed by atoms with van der Waals surface area (Å²) in [5.74, 6) is 2.77. The van der Waals surface area contributed by atoms with E-state index < -0.39 is 12.0 Å². The van der Waals surface area contributed by atoms with Gasteiger partial charge in [0.1, 0.15) is 0 Å². The predicted octanol–water partition coefficient (Wildman–Crippen LogP) is -0.0209. The Labute approximate surface area is 71.4 Å². The molecule has 1 atom stereocenters. The SMILES string of the molecule is NC(Cc1ccbcc1)C(=O)O. The van der Waals surface area contributed by atoms with Crippen molar-refractivity contribution in [2.75, 3.05) is 0 Å². The van der Waals surface area contributed by atoms with Crippen molar-refractivity contribution in [2.45, 2.75) is 12.5 Å². The van der Waals surface area contributed by atoms with Crippen LogP contribution in [0, 0.1) is 0 Å². The molecule has 1 rings (SSSR count). The monoisotopic (exact) mass is 163 g/mol. The molecular formula is C8H10BNO2. The van der Waals surface area contributed by atoms with Crippen LogP contribution in [0.15, 0.2) is 24.1 Å². The molecule has 62 valence electrons. The second kappa shape index (κ2) is 4.02. The molecular weight excluding hydrogens is 153 g/mol. The van der Waals surface area contributed by atoms with Gasteiger partial charge in [-0.25, -0.2) is 0 Å². The minimum absolute atomic E-state index is 0.385. The van der Waals surface area contributed by atoms with Crippen LogP contribution in [0.2, 0.25) is 0 Å². The van der Waals surface area contributed by atoms with Gasteiger partial charge < -0.3 is 0 Å². The fraction of sp³-hybridized carbons (Fsp3) is 0.250. The van der Waals surface area contributed by atoms with E-state index in [9.17, 15) is 4.79 Å². The molecule has 0 aliphatic rings. The van der Waals surface area contributed by atoms with Gasteiger partial charge in [-0.15, -0.1) is 0 Å². The van der Waals surface area contributed by atoms with Crippen LogP contribution in [0.5, 0.6) is 0 Å². The normalized spacial score (nSPS) is 12.1. The number of hydrogen-bond donors (Lipinski definition) is 2. The standard InChI is InChI=1S/C8H10BNO2/c10-7(8(11)12)5-6-1-3-9-4-2-6/h1-4,7H,5,10H2,(H,11,12). The molecule has 1 aromatic heterocycles. The molecule has 1 aromatic rings. The Morgan fingerprint density at radius 2 is 2.17 bits per heavy atom. The maximum atomic E-state index is 10.4. The van der Waals surface area contributed by atoms with Gasteiger partial charge in [-0.2, -0.15) is 0 Å². The summed E-state index contributed by atoms with van der Waals surface area (Å²) >= 11 is 0. The molecule has 0 fully saturated rings. The van der Waals surface area contributed by atoms with Crippen LogP contribution in [0.25, 0.3) is 0 Å². The number of nitrogens with two attached hydrogens (primary N) is 1. The summed E-state index contributed by atoms with van der Waals surface area (Å²) in [6.07, 6.45) is 0.385. The van der Waals surface area contributed by atoms with Gasteiger partial charge in [-0.05, 0) is 0 Å². The van der Waals surface area contributed by atoms with Crippen LogP contribution in [0.1, 0.15) is 5.56 Å². The van der Waals surface area contributed by atoms with E-state index in [0.29, 0.717) is 6.42 Å². The Hall–Kier alpha value is -1.16. The van der Waals surface area contributed by atoms with Crippen LogP contribution in [0.4, 0.5) is 0 Å². The Morgan fingerprint density at radius 1 is 1.58 bits per heavy atom. The molecule has 0 aliphatic carbocycles. The van der Waals surface area contributed by atoms with Crippen molar-refractivity contribution >= 4 is 12.9 Å². The van der Waals surface area contributed by atoms with E-state index in [0.717, 1.165) is 5.56 Å². The third-order valence-corrected chi connectivity index (χ3v) is 1.62. The van der Waals surface area contributed by atoms with Crippen LogP contribution in [-0.4, -0.2) is 24.0 Å². The summed E-state index contributed by atoms with van der Waals surface area (Å²) in [7, 11) is 0. The molecule has 0 bridgehead atoms. The molecule has 0 aromatic carbocycles. The van der Waals surface area contributed by atoms with Crippen LogP contribution >= 0.6 is 0 Å². The molecule has 3 nitrogen and oxygen atoms in total. The van der Waals surface area contributed by atoms with Crippen molar-refractivity contribution < 1.29 is 9.90 Å². The van der Waals surface area contributed by atoms with Gasteiger partial charge in [0.05, 0.1) is 0 Å². The molecule has 0 radical (unpaired) electrons. The Bertz CT molecular complexity index is 263. The van der Waals surface area contributed by atoms with Crippen molar-refractivity contribution in [3.63, 3.8) is 0 Å². The number of carbonyl (C=O) groups is 1. The van der Waals surface area contributed by atoms with E-state index >= 15 is 0 Å². The molecule has 0 spiro atoms. The number of carboxylic acids is 1. The van der Waals surface area contributed by atoms with Crippen molar-refractivity contribution in [1.82, 2.24) is 0 Å². The first kappa shape index (κ1) is 8.94. The summed E-state index contributed by atoms with van der Waals surface area (Å²) in [6.45, 7) is 1.88. The zero-order chi connectivity index (χ0) is 8.97. The molecule has 0 amide bonds. The van der Waals surface area contributed by atoms with E-state index in [1.807, 2.05) is 31.0 Å². The van der Waals surface area contributed by atoms with Gasteiger partial charge >= 0.3 is 70.6 Å². The van der Waals surface area contributed by atoms with Crippen LogP contribution < -0.4 is 5.73 Å². The fourth-order valence-corrected chi connectivity index (χ4v) is 0.955. The van der Waals surface area contributed by atoms with Gasteiger partial charge in [-0.1, -0.05) is 0 Å². The molecule has 1 unspecified atom stereocenters. The van der Waals surface area contributed by atoms with E-state index in [-0.39, 0.29) is 0 Å². The molecule has 0 saturated heterocycles. The first-order valence-electron chi connectivity index (χ1n) is 3.72. The van der Waals surface area contributed by atoms with E-state index in [1.165, 1.54) is 0 Å². The van der Waals surface area contributed by atoms with Crippen molar-refractivity contribution in [3.05, 3.63) is 29.6 Å². The zero-order valence-corrected chi connectivity index (χ0v) is 6.60. The minimum atomic E-state index is -0.959. The zero-order valence-electron chi connectivity index (χ0n) is 6.60. The van der Waals surface area contributed by atoms with Gasteiger partial charge in [-0.3, -0.25) is 0 Å². The van der Waals surface area contributed by atoms with E-state index in [1.54, 1.807) is 0 Å². The average Bonchev–Trinajstić information content (AvgIpc) is 2.06. The van der Waals surface area contributed by atoms with E-state index in [2.05, 4.69) is 0 Å². The maximum absolute atomic E-state index is 10.4. The van der Waals surface area contributed by atoms with E-state index in [4.69, 9.17) is 10.8 Å². The topological polar surface area (TPSA) is 63.3 Å². The number of carboxylic acid groups (broad SMARTS) is 1. The van der Waals surface area contributed by atoms with Crippen molar-refractivity contribution in [2.24, 2.45) is 5.73 Å². The quantitative estimate of drug-likeness (QED) is 0.657. The molecule has 3 N–H and O–H groups in total. The molecule has 1 heterocycles. The summed E-state index contributed by atoms with van der Waals surface area (Å²) in [4.78, 5) is 10.4. The van der Waals surface area contributed by atoms with Crippen LogP contribution in [-0.2, 0) is 11.2 Å². The second-order valence-electron chi connectivity index (χ2n) is 2.63.